The Kier molecular flexibility index (Phi) is 5.75. The highest BCUT2D eigenvalue weighted by Gasteiger charge is 2.18. The molecular formula is C14H9Br5. The maximum Gasteiger partial charge on any atom is 0.0482 e. The van der Waals surface area contributed by atoms with Crippen LogP contribution in [0.15, 0.2) is 46.6 Å². The molecule has 0 saturated heterocycles. The summed E-state index contributed by atoms with van der Waals surface area (Å²) in [6.45, 7) is 2.14. The molecule has 0 aliphatic rings. The Labute approximate surface area is 155 Å². The number of hydrogen-bond acceptors (Lipinski definition) is 0. The molecule has 5 heteroatoms. The van der Waals surface area contributed by atoms with Gasteiger partial charge >= 0.3 is 0 Å². The second-order valence-electron chi connectivity index (χ2n) is 4.15. The van der Waals surface area contributed by atoms with Crippen molar-refractivity contribution in [3.8, 4) is 0 Å². The van der Waals surface area contributed by atoms with Gasteiger partial charge in [-0.2, -0.15) is 0 Å². The highest BCUT2D eigenvalue weighted by atomic mass is 79.9. The van der Waals surface area contributed by atoms with Gasteiger partial charge < -0.3 is 0 Å². The van der Waals surface area contributed by atoms with Crippen LogP contribution in [0.1, 0.15) is 16.7 Å². The molecule has 0 radical (unpaired) electrons. The number of aryl methyl sites for hydroxylation is 1. The van der Waals surface area contributed by atoms with Gasteiger partial charge in [0, 0.05) is 28.8 Å². The van der Waals surface area contributed by atoms with Gasteiger partial charge in [0.2, 0.25) is 0 Å². The zero-order chi connectivity index (χ0) is 14.2. The van der Waals surface area contributed by atoms with Crippen LogP contribution in [0.5, 0.6) is 0 Å². The Hall–Kier alpha value is 0.840. The van der Waals surface area contributed by atoms with Crippen LogP contribution in [0.25, 0.3) is 0 Å². The van der Waals surface area contributed by atoms with Crippen molar-refractivity contribution < 1.29 is 0 Å². The summed E-state index contributed by atoms with van der Waals surface area (Å²) in [4.78, 5) is 0. The zero-order valence-corrected chi connectivity index (χ0v) is 17.8. The van der Waals surface area contributed by atoms with Gasteiger partial charge in [-0.15, -0.1) is 0 Å². The topological polar surface area (TPSA) is 0 Å². The molecule has 100 valence electrons. The molecule has 2 rings (SSSR count). The summed E-state index contributed by atoms with van der Waals surface area (Å²) in [5.41, 5.74) is 3.85. The first kappa shape index (κ1) is 16.2. The van der Waals surface area contributed by atoms with E-state index in [1.807, 2.05) is 0 Å². The Balaban J connectivity index is 2.56. The van der Waals surface area contributed by atoms with Gasteiger partial charge in [0.1, 0.15) is 0 Å². The molecule has 0 heterocycles. The van der Waals surface area contributed by atoms with Crippen LogP contribution in [0.2, 0.25) is 0 Å². The normalized spacial score (nSPS) is 10.8. The molecule has 0 N–H and O–H groups in total. The highest BCUT2D eigenvalue weighted by Crippen LogP contribution is 2.45. The van der Waals surface area contributed by atoms with Crippen molar-refractivity contribution in [1.29, 1.82) is 0 Å². The Morgan fingerprint density at radius 2 is 1.21 bits per heavy atom. The third-order valence-electron chi connectivity index (χ3n) is 2.93. The SMILES string of the molecule is Cc1ccccc1Cc1c(Br)c(Br)c(Br)c(Br)c1Br. The van der Waals surface area contributed by atoms with Gasteiger partial charge in [0.25, 0.3) is 0 Å². The molecule has 0 aliphatic carbocycles. The predicted molar refractivity (Wildman–Crippen MR) is 98.9 cm³/mol. The molecule has 0 aromatic heterocycles. The van der Waals surface area contributed by atoms with Crippen molar-refractivity contribution in [3.05, 3.63) is 63.3 Å². The van der Waals surface area contributed by atoms with Crippen molar-refractivity contribution in [2.45, 2.75) is 13.3 Å². The molecule has 2 aromatic carbocycles. The molecule has 0 spiro atoms. The fourth-order valence-electron chi connectivity index (χ4n) is 1.80. The van der Waals surface area contributed by atoms with E-state index in [0.29, 0.717) is 0 Å². The molecule has 0 unspecified atom stereocenters. The maximum atomic E-state index is 3.67. The quantitative estimate of drug-likeness (QED) is 0.258. The summed E-state index contributed by atoms with van der Waals surface area (Å²) >= 11 is 18.1. The monoisotopic (exact) mass is 572 g/mol. The van der Waals surface area contributed by atoms with Gasteiger partial charge in [-0.1, -0.05) is 24.3 Å². The molecule has 19 heavy (non-hydrogen) atoms. The first-order valence-electron chi connectivity index (χ1n) is 5.48. The summed E-state index contributed by atoms with van der Waals surface area (Å²) < 4.78 is 5.17. The van der Waals surface area contributed by atoms with Crippen molar-refractivity contribution in [2.24, 2.45) is 0 Å². The van der Waals surface area contributed by atoms with E-state index < -0.39 is 0 Å². The summed E-state index contributed by atoms with van der Waals surface area (Å²) in [7, 11) is 0. The second-order valence-corrected chi connectivity index (χ2v) is 8.12. The summed E-state index contributed by atoms with van der Waals surface area (Å²) in [5.74, 6) is 0. The minimum absolute atomic E-state index is 0.873. The number of hydrogen-bond donors (Lipinski definition) is 0. The van der Waals surface area contributed by atoms with Gasteiger partial charge in [-0.3, -0.25) is 0 Å². The van der Waals surface area contributed by atoms with E-state index in [0.717, 1.165) is 28.8 Å². The third kappa shape index (κ3) is 3.37. The lowest BCUT2D eigenvalue weighted by Crippen LogP contribution is -1.96. The number of halogens is 5. The average Bonchev–Trinajstić information content (AvgIpc) is 2.41. The molecule has 0 amide bonds. The molecule has 2 aromatic rings. The Morgan fingerprint density at radius 3 is 1.74 bits per heavy atom. The van der Waals surface area contributed by atoms with Crippen molar-refractivity contribution in [3.63, 3.8) is 0 Å². The predicted octanol–water partition coefficient (Wildman–Crippen LogP) is 7.40. The lowest BCUT2D eigenvalue weighted by molar-refractivity contribution is 1.12. The molecule has 0 bridgehead atoms. The summed E-state index contributed by atoms with van der Waals surface area (Å²) in [6.07, 6.45) is 0.873. The van der Waals surface area contributed by atoms with Crippen molar-refractivity contribution in [1.82, 2.24) is 0 Å². The highest BCUT2D eigenvalue weighted by molar-refractivity contribution is 9.15. The average molecular weight is 577 g/mol. The number of rotatable bonds is 2. The van der Waals surface area contributed by atoms with E-state index in [9.17, 15) is 0 Å². The lowest BCUT2D eigenvalue weighted by atomic mass is 10.0. The van der Waals surface area contributed by atoms with Crippen LogP contribution in [0, 0.1) is 6.92 Å². The maximum absolute atomic E-state index is 3.67. The van der Waals surface area contributed by atoms with Crippen molar-refractivity contribution >= 4 is 79.6 Å². The van der Waals surface area contributed by atoms with Crippen molar-refractivity contribution in [2.75, 3.05) is 0 Å². The molecular weight excluding hydrogens is 568 g/mol. The van der Waals surface area contributed by atoms with Crippen LogP contribution in [0.3, 0.4) is 0 Å². The van der Waals surface area contributed by atoms with Crippen LogP contribution in [0.4, 0.5) is 0 Å². The van der Waals surface area contributed by atoms with E-state index in [4.69, 9.17) is 0 Å². The lowest BCUT2D eigenvalue weighted by Gasteiger charge is -2.14. The first-order chi connectivity index (χ1) is 8.93. The minimum Gasteiger partial charge on any atom is -0.0620 e. The molecule has 0 atom stereocenters. The minimum atomic E-state index is 0.873. The summed E-state index contributed by atoms with van der Waals surface area (Å²) in [6, 6.07) is 8.45. The Morgan fingerprint density at radius 1 is 0.737 bits per heavy atom. The van der Waals surface area contributed by atoms with E-state index in [1.165, 1.54) is 16.7 Å². The largest absolute Gasteiger partial charge is 0.0620 e. The first-order valence-corrected chi connectivity index (χ1v) is 9.44. The third-order valence-corrected chi connectivity index (χ3v) is 9.19. The van der Waals surface area contributed by atoms with Crippen LogP contribution < -0.4 is 0 Å². The van der Waals surface area contributed by atoms with Gasteiger partial charge in [-0.05, 0) is 103 Å². The van der Waals surface area contributed by atoms with Crippen LogP contribution >= 0.6 is 79.6 Å². The zero-order valence-electron chi connectivity index (χ0n) is 9.91. The molecule has 0 saturated carbocycles. The smallest absolute Gasteiger partial charge is 0.0482 e. The molecule has 0 aliphatic heterocycles. The number of benzene rings is 2. The fraction of sp³-hybridized carbons (Fsp3) is 0.143. The van der Waals surface area contributed by atoms with Crippen LogP contribution in [-0.2, 0) is 6.42 Å². The van der Waals surface area contributed by atoms with Gasteiger partial charge in [0.05, 0.1) is 0 Å². The molecule has 0 fully saturated rings. The van der Waals surface area contributed by atoms with E-state index in [1.54, 1.807) is 0 Å². The van der Waals surface area contributed by atoms with E-state index >= 15 is 0 Å². The second kappa shape index (κ2) is 6.73. The van der Waals surface area contributed by atoms with Crippen LogP contribution in [-0.4, -0.2) is 0 Å². The van der Waals surface area contributed by atoms with E-state index in [2.05, 4.69) is 111 Å². The fourth-order valence-corrected chi connectivity index (χ4v) is 5.21. The standard InChI is InChI=1S/C14H9Br5/c1-7-4-2-3-5-8(7)6-9-10(15)12(17)14(19)13(18)11(9)16/h2-5H,6H2,1H3. The van der Waals surface area contributed by atoms with E-state index in [-0.39, 0.29) is 0 Å². The summed E-state index contributed by atoms with van der Waals surface area (Å²) in [5, 5.41) is 0. The Bertz CT molecular complexity index is 605. The molecule has 0 nitrogen and oxygen atoms in total. The van der Waals surface area contributed by atoms with Gasteiger partial charge in [-0.25, -0.2) is 0 Å². The van der Waals surface area contributed by atoms with Gasteiger partial charge in [0.15, 0.2) is 0 Å².